The topological polar surface area (TPSA) is 72.2 Å². The number of aromatic amines is 1. The van der Waals surface area contributed by atoms with Crippen molar-refractivity contribution in [3.63, 3.8) is 0 Å². The second-order valence-corrected chi connectivity index (χ2v) is 5.62. The van der Waals surface area contributed by atoms with Crippen molar-refractivity contribution in [2.24, 2.45) is 5.10 Å². The molecular weight excluding hydrogens is 335 g/mol. The number of halogens is 1. The van der Waals surface area contributed by atoms with Crippen LogP contribution < -0.4 is 11.2 Å². The maximum Gasteiger partial charge on any atom is 0.349 e. The number of hydrogen-bond acceptors (Lipinski definition) is 3. The second kappa shape index (κ2) is 6.29. The number of nitrogens with one attached hydrogen (secondary N) is 1. The monoisotopic (exact) mass is 348 g/mol. The molecule has 0 unspecified atom stereocenters. The van der Waals surface area contributed by atoms with Gasteiger partial charge >= 0.3 is 5.69 Å². The molecule has 6 nitrogen and oxygen atoms in total. The van der Waals surface area contributed by atoms with E-state index in [4.69, 9.17) is 0 Å². The van der Waals surface area contributed by atoms with Crippen LogP contribution in [0.15, 0.2) is 81.6 Å². The fraction of sp³-hybridized carbons (Fsp3) is 0. The van der Waals surface area contributed by atoms with Crippen LogP contribution in [0.3, 0.4) is 0 Å². The van der Waals surface area contributed by atoms with Crippen molar-refractivity contribution in [3.05, 3.63) is 99.2 Å². The number of H-pyrrole nitrogens is 1. The number of nitrogens with zero attached hydrogens (tertiary/aromatic N) is 3. The zero-order chi connectivity index (χ0) is 18.1. The van der Waals surface area contributed by atoms with Gasteiger partial charge in [-0.2, -0.15) is 5.10 Å². The Morgan fingerprint density at radius 1 is 0.962 bits per heavy atom. The van der Waals surface area contributed by atoms with E-state index in [2.05, 4.69) is 10.1 Å². The molecule has 0 atom stereocenters. The molecule has 0 aliphatic carbocycles. The molecule has 4 aromatic rings. The first kappa shape index (κ1) is 15.8. The molecule has 0 aliphatic heterocycles. The van der Waals surface area contributed by atoms with Crippen LogP contribution in [0.5, 0.6) is 0 Å². The van der Waals surface area contributed by atoms with E-state index in [1.807, 2.05) is 0 Å². The van der Waals surface area contributed by atoms with Crippen LogP contribution >= 0.6 is 0 Å². The minimum absolute atomic E-state index is 0.328. The molecule has 2 aromatic heterocycles. The molecule has 0 amide bonds. The third-order valence-electron chi connectivity index (χ3n) is 3.97. The fourth-order valence-electron chi connectivity index (χ4n) is 2.71. The van der Waals surface area contributed by atoms with Gasteiger partial charge in [-0.3, -0.25) is 4.79 Å². The van der Waals surface area contributed by atoms with E-state index in [0.29, 0.717) is 16.6 Å². The summed E-state index contributed by atoms with van der Waals surface area (Å²) < 4.78 is 15.7. The summed E-state index contributed by atoms with van der Waals surface area (Å²) in [7, 11) is 0. The third kappa shape index (κ3) is 2.75. The summed E-state index contributed by atoms with van der Waals surface area (Å²) in [6.07, 6.45) is 3.19. The molecule has 0 spiro atoms. The van der Waals surface area contributed by atoms with E-state index in [1.54, 1.807) is 59.3 Å². The Bertz CT molecular complexity index is 1230. The Morgan fingerprint density at radius 2 is 1.73 bits per heavy atom. The van der Waals surface area contributed by atoms with Crippen molar-refractivity contribution >= 4 is 17.1 Å². The molecule has 0 saturated carbocycles. The van der Waals surface area contributed by atoms with Crippen molar-refractivity contribution in [1.82, 2.24) is 14.2 Å². The van der Waals surface area contributed by atoms with Crippen LogP contribution in [0.25, 0.3) is 16.6 Å². The lowest BCUT2D eigenvalue weighted by Gasteiger charge is -2.06. The Balaban J connectivity index is 1.78. The van der Waals surface area contributed by atoms with E-state index < -0.39 is 11.2 Å². The van der Waals surface area contributed by atoms with Crippen molar-refractivity contribution in [1.29, 1.82) is 0 Å². The van der Waals surface area contributed by atoms with Gasteiger partial charge in [0.15, 0.2) is 0 Å². The molecule has 0 saturated heterocycles. The minimum atomic E-state index is -0.621. The molecule has 1 N–H and O–H groups in total. The summed E-state index contributed by atoms with van der Waals surface area (Å²) in [5, 5.41) is 4.42. The van der Waals surface area contributed by atoms with Gasteiger partial charge in [-0.05, 0) is 48.5 Å². The molecule has 0 aliphatic rings. The molecule has 128 valence electrons. The van der Waals surface area contributed by atoms with Gasteiger partial charge in [-0.15, -0.1) is 4.68 Å². The van der Waals surface area contributed by atoms with Gasteiger partial charge < -0.3 is 9.55 Å². The SMILES string of the molecule is O=c1[nH]c2ccccc2c(=O)n1N=Cc1cccn1-c1ccc(F)cc1. The first-order valence-corrected chi connectivity index (χ1v) is 7.85. The zero-order valence-corrected chi connectivity index (χ0v) is 13.5. The standard InChI is InChI=1S/C19H13FN4O2/c20-13-7-9-14(10-8-13)23-11-3-4-15(23)12-21-24-18(25)16-5-1-2-6-17(16)22-19(24)26/h1-12H,(H,22,26). The number of para-hydroxylation sites is 1. The van der Waals surface area contributed by atoms with Gasteiger partial charge in [-0.1, -0.05) is 12.1 Å². The molecule has 0 radical (unpaired) electrons. The van der Waals surface area contributed by atoms with Gasteiger partial charge in [-0.25, -0.2) is 9.18 Å². The molecule has 4 rings (SSSR count). The largest absolute Gasteiger partial charge is 0.349 e. The average Bonchev–Trinajstić information content (AvgIpc) is 3.11. The third-order valence-corrected chi connectivity index (χ3v) is 3.97. The Kier molecular flexibility index (Phi) is 3.81. The number of hydrogen-bond donors (Lipinski definition) is 1. The predicted molar refractivity (Wildman–Crippen MR) is 97.5 cm³/mol. The van der Waals surface area contributed by atoms with Crippen LogP contribution in [0.2, 0.25) is 0 Å². The van der Waals surface area contributed by atoms with E-state index in [9.17, 15) is 14.0 Å². The Hall–Kier alpha value is -3.74. The van der Waals surface area contributed by atoms with E-state index in [-0.39, 0.29) is 5.82 Å². The summed E-state index contributed by atoms with van der Waals surface area (Å²) in [5.74, 6) is -0.328. The summed E-state index contributed by atoms with van der Waals surface area (Å²) in [6, 6.07) is 16.3. The lowest BCUT2D eigenvalue weighted by Crippen LogP contribution is -2.32. The van der Waals surface area contributed by atoms with Crippen LogP contribution in [0.4, 0.5) is 4.39 Å². The number of aromatic nitrogens is 3. The van der Waals surface area contributed by atoms with Crippen molar-refractivity contribution in [3.8, 4) is 5.69 Å². The van der Waals surface area contributed by atoms with E-state index in [1.165, 1.54) is 18.3 Å². The highest BCUT2D eigenvalue weighted by Crippen LogP contribution is 2.12. The molecular formula is C19H13FN4O2. The Labute approximate surface area is 146 Å². The molecule has 0 bridgehead atoms. The first-order chi connectivity index (χ1) is 12.6. The summed E-state index contributed by atoms with van der Waals surface area (Å²) in [6.45, 7) is 0. The van der Waals surface area contributed by atoms with Gasteiger partial charge in [0.25, 0.3) is 5.56 Å². The van der Waals surface area contributed by atoms with Crippen LogP contribution in [-0.2, 0) is 0 Å². The highest BCUT2D eigenvalue weighted by Gasteiger charge is 2.06. The number of fused-ring (bicyclic) bond motifs is 1. The maximum absolute atomic E-state index is 13.1. The van der Waals surface area contributed by atoms with Crippen molar-refractivity contribution in [2.75, 3.05) is 0 Å². The summed E-state index contributed by atoms with van der Waals surface area (Å²) >= 11 is 0. The average molecular weight is 348 g/mol. The summed E-state index contributed by atoms with van der Waals surface area (Å²) in [4.78, 5) is 27.3. The molecule has 7 heteroatoms. The second-order valence-electron chi connectivity index (χ2n) is 5.62. The van der Waals surface area contributed by atoms with Crippen molar-refractivity contribution < 1.29 is 4.39 Å². The molecule has 0 fully saturated rings. The highest BCUT2D eigenvalue weighted by atomic mass is 19.1. The zero-order valence-electron chi connectivity index (χ0n) is 13.5. The smallest absolute Gasteiger partial charge is 0.316 e. The molecule has 2 aromatic carbocycles. The van der Waals surface area contributed by atoms with Crippen LogP contribution in [0, 0.1) is 5.82 Å². The van der Waals surface area contributed by atoms with Crippen LogP contribution in [0.1, 0.15) is 5.69 Å². The number of rotatable bonds is 3. The lowest BCUT2D eigenvalue weighted by atomic mass is 10.2. The maximum atomic E-state index is 13.1. The normalized spacial score (nSPS) is 11.4. The first-order valence-electron chi connectivity index (χ1n) is 7.85. The number of benzene rings is 2. The summed E-state index contributed by atoms with van der Waals surface area (Å²) in [5.41, 5.74) is 0.711. The van der Waals surface area contributed by atoms with Gasteiger partial charge in [0.05, 0.1) is 22.8 Å². The molecule has 2 heterocycles. The lowest BCUT2D eigenvalue weighted by molar-refractivity contribution is 0.627. The van der Waals surface area contributed by atoms with Crippen LogP contribution in [-0.4, -0.2) is 20.4 Å². The fourth-order valence-corrected chi connectivity index (χ4v) is 2.71. The Morgan fingerprint density at radius 3 is 2.54 bits per heavy atom. The quantitative estimate of drug-likeness (QED) is 0.578. The van der Waals surface area contributed by atoms with Crippen molar-refractivity contribution in [2.45, 2.75) is 0 Å². The highest BCUT2D eigenvalue weighted by molar-refractivity contribution is 5.79. The minimum Gasteiger partial charge on any atom is -0.316 e. The van der Waals surface area contributed by atoms with Gasteiger partial charge in [0, 0.05) is 11.9 Å². The molecule has 26 heavy (non-hydrogen) atoms. The van der Waals surface area contributed by atoms with E-state index in [0.717, 1.165) is 10.4 Å². The van der Waals surface area contributed by atoms with E-state index >= 15 is 0 Å². The predicted octanol–water partition coefficient (Wildman–Crippen LogP) is 2.50. The van der Waals surface area contributed by atoms with Gasteiger partial charge in [0.2, 0.25) is 0 Å². The van der Waals surface area contributed by atoms with Gasteiger partial charge in [0.1, 0.15) is 5.82 Å².